The molecule has 2 aliphatic heterocycles. The molecule has 17 heavy (non-hydrogen) atoms. The van der Waals surface area contributed by atoms with Crippen molar-refractivity contribution in [1.82, 2.24) is 10.2 Å². The average molecular weight is 255 g/mol. The monoisotopic (exact) mass is 255 g/mol. The summed E-state index contributed by atoms with van der Waals surface area (Å²) in [5.41, 5.74) is 0. The van der Waals surface area contributed by atoms with Crippen LogP contribution in [0.1, 0.15) is 33.1 Å². The first-order chi connectivity index (χ1) is 8.31. The highest BCUT2D eigenvalue weighted by Crippen LogP contribution is 2.19. The zero-order valence-corrected chi connectivity index (χ0v) is 11.9. The van der Waals surface area contributed by atoms with Gasteiger partial charge in [0.25, 0.3) is 0 Å². The van der Waals surface area contributed by atoms with E-state index in [1.165, 1.54) is 49.8 Å². The number of likely N-dealkylation sites (tertiary alicyclic amines) is 1. The third-order valence-electron chi connectivity index (χ3n) is 3.84. The van der Waals surface area contributed by atoms with E-state index in [0.29, 0.717) is 6.04 Å². The molecule has 2 saturated heterocycles. The Labute approximate surface area is 109 Å². The lowest BCUT2D eigenvalue weighted by Crippen LogP contribution is -2.37. The SMILES string of the molecule is CCC1CCSC(=NCC2CCN(CC)C2)N1. The maximum atomic E-state index is 4.77. The first-order valence-electron chi connectivity index (χ1n) is 6.98. The summed E-state index contributed by atoms with van der Waals surface area (Å²) in [5.74, 6) is 2.02. The highest BCUT2D eigenvalue weighted by Gasteiger charge is 2.21. The third kappa shape index (κ3) is 3.88. The van der Waals surface area contributed by atoms with Crippen LogP contribution in [-0.4, -0.2) is 48.0 Å². The molecule has 2 fully saturated rings. The molecule has 2 atom stereocenters. The Bertz CT molecular complexity index is 267. The van der Waals surface area contributed by atoms with E-state index in [2.05, 4.69) is 24.1 Å². The Morgan fingerprint density at radius 2 is 2.29 bits per heavy atom. The molecule has 1 N–H and O–H groups in total. The van der Waals surface area contributed by atoms with Crippen LogP contribution < -0.4 is 5.32 Å². The minimum absolute atomic E-state index is 0.658. The minimum atomic E-state index is 0.658. The second-order valence-corrected chi connectivity index (χ2v) is 6.16. The number of nitrogens with one attached hydrogen (secondary N) is 1. The van der Waals surface area contributed by atoms with Crippen LogP contribution in [0.3, 0.4) is 0 Å². The number of hydrogen-bond acceptors (Lipinski definition) is 3. The van der Waals surface area contributed by atoms with Gasteiger partial charge in [-0.2, -0.15) is 0 Å². The van der Waals surface area contributed by atoms with Crippen molar-refractivity contribution in [2.45, 2.75) is 39.2 Å². The van der Waals surface area contributed by atoms with E-state index in [1.54, 1.807) is 0 Å². The maximum Gasteiger partial charge on any atom is 0.156 e. The molecule has 98 valence electrons. The fourth-order valence-electron chi connectivity index (χ4n) is 2.54. The largest absolute Gasteiger partial charge is 0.362 e. The quantitative estimate of drug-likeness (QED) is 0.834. The van der Waals surface area contributed by atoms with Crippen molar-refractivity contribution in [2.24, 2.45) is 10.9 Å². The molecule has 2 rings (SSSR count). The fourth-order valence-corrected chi connectivity index (χ4v) is 3.56. The van der Waals surface area contributed by atoms with E-state index in [1.807, 2.05) is 11.8 Å². The van der Waals surface area contributed by atoms with Crippen LogP contribution in [0.25, 0.3) is 0 Å². The van der Waals surface area contributed by atoms with E-state index in [9.17, 15) is 0 Å². The van der Waals surface area contributed by atoms with E-state index in [-0.39, 0.29) is 0 Å². The normalized spacial score (nSPS) is 32.9. The molecule has 0 spiro atoms. The van der Waals surface area contributed by atoms with Gasteiger partial charge in [-0.1, -0.05) is 25.6 Å². The Hall–Kier alpha value is -0.220. The summed E-state index contributed by atoms with van der Waals surface area (Å²) in [6, 6.07) is 0.658. The van der Waals surface area contributed by atoms with Gasteiger partial charge in [-0.15, -0.1) is 0 Å². The highest BCUT2D eigenvalue weighted by molar-refractivity contribution is 8.13. The first kappa shape index (κ1) is 13.2. The van der Waals surface area contributed by atoms with Gasteiger partial charge in [0.1, 0.15) is 0 Å². The topological polar surface area (TPSA) is 27.6 Å². The molecule has 0 aromatic heterocycles. The zero-order chi connectivity index (χ0) is 12.1. The van der Waals surface area contributed by atoms with Crippen molar-refractivity contribution in [3.05, 3.63) is 0 Å². The standard InChI is InChI=1S/C13H25N3S/c1-3-12-6-8-17-13(15-12)14-9-11-5-7-16(4-2)10-11/h11-12H,3-10H2,1-2H3,(H,14,15). The van der Waals surface area contributed by atoms with Crippen molar-refractivity contribution < 1.29 is 0 Å². The van der Waals surface area contributed by atoms with Crippen molar-refractivity contribution in [3.63, 3.8) is 0 Å². The van der Waals surface area contributed by atoms with Gasteiger partial charge in [-0.25, -0.2) is 0 Å². The predicted molar refractivity (Wildman–Crippen MR) is 76.8 cm³/mol. The second-order valence-electron chi connectivity index (χ2n) is 5.08. The van der Waals surface area contributed by atoms with E-state index in [0.717, 1.165) is 12.5 Å². The summed E-state index contributed by atoms with van der Waals surface area (Å²) >= 11 is 1.90. The van der Waals surface area contributed by atoms with Crippen LogP contribution >= 0.6 is 11.8 Å². The van der Waals surface area contributed by atoms with Gasteiger partial charge in [0.15, 0.2) is 5.17 Å². The van der Waals surface area contributed by atoms with Gasteiger partial charge >= 0.3 is 0 Å². The van der Waals surface area contributed by atoms with E-state index >= 15 is 0 Å². The number of rotatable bonds is 4. The highest BCUT2D eigenvalue weighted by atomic mass is 32.2. The summed E-state index contributed by atoms with van der Waals surface area (Å²) in [7, 11) is 0. The van der Waals surface area contributed by atoms with Gasteiger partial charge in [-0.3, -0.25) is 4.99 Å². The van der Waals surface area contributed by atoms with Crippen LogP contribution in [0.15, 0.2) is 4.99 Å². The van der Waals surface area contributed by atoms with Gasteiger partial charge in [0.2, 0.25) is 0 Å². The van der Waals surface area contributed by atoms with Gasteiger partial charge in [-0.05, 0) is 38.3 Å². The fraction of sp³-hybridized carbons (Fsp3) is 0.923. The van der Waals surface area contributed by atoms with Crippen LogP contribution in [0.4, 0.5) is 0 Å². The maximum absolute atomic E-state index is 4.77. The molecular weight excluding hydrogens is 230 g/mol. The molecule has 2 heterocycles. The minimum Gasteiger partial charge on any atom is -0.362 e. The molecule has 0 radical (unpaired) electrons. The number of thioether (sulfide) groups is 1. The van der Waals surface area contributed by atoms with Gasteiger partial charge in [0, 0.05) is 24.9 Å². The molecule has 0 amide bonds. The van der Waals surface area contributed by atoms with E-state index in [4.69, 9.17) is 4.99 Å². The lowest BCUT2D eigenvalue weighted by molar-refractivity contribution is 0.344. The number of aliphatic imine (C=N–C) groups is 1. The average Bonchev–Trinajstić information content (AvgIpc) is 2.84. The summed E-state index contributed by atoms with van der Waals surface area (Å²) in [4.78, 5) is 7.30. The Balaban J connectivity index is 1.76. The van der Waals surface area contributed by atoms with Gasteiger partial charge < -0.3 is 10.2 Å². The second kappa shape index (κ2) is 6.64. The molecule has 0 aliphatic carbocycles. The lowest BCUT2D eigenvalue weighted by atomic mass is 10.1. The van der Waals surface area contributed by atoms with Crippen molar-refractivity contribution in [2.75, 3.05) is 31.9 Å². The van der Waals surface area contributed by atoms with Crippen molar-refractivity contribution in [3.8, 4) is 0 Å². The number of nitrogens with zero attached hydrogens (tertiary/aromatic N) is 2. The summed E-state index contributed by atoms with van der Waals surface area (Å²) in [6.45, 7) is 9.22. The van der Waals surface area contributed by atoms with Crippen LogP contribution in [0.5, 0.6) is 0 Å². The molecule has 4 heteroatoms. The van der Waals surface area contributed by atoms with Crippen LogP contribution in [0, 0.1) is 5.92 Å². The molecule has 0 saturated carbocycles. The zero-order valence-electron chi connectivity index (χ0n) is 11.1. The van der Waals surface area contributed by atoms with E-state index < -0.39 is 0 Å². The Morgan fingerprint density at radius 3 is 3.00 bits per heavy atom. The molecule has 0 aromatic rings. The lowest BCUT2D eigenvalue weighted by Gasteiger charge is -2.24. The first-order valence-corrected chi connectivity index (χ1v) is 7.96. The molecule has 0 aromatic carbocycles. The number of hydrogen-bond donors (Lipinski definition) is 1. The summed E-state index contributed by atoms with van der Waals surface area (Å²) < 4.78 is 0. The molecular formula is C13H25N3S. The predicted octanol–water partition coefficient (Wildman–Crippen LogP) is 2.19. The van der Waals surface area contributed by atoms with Crippen molar-refractivity contribution >= 4 is 16.9 Å². The van der Waals surface area contributed by atoms with Gasteiger partial charge in [0.05, 0.1) is 0 Å². The Morgan fingerprint density at radius 1 is 1.41 bits per heavy atom. The third-order valence-corrected chi connectivity index (χ3v) is 4.80. The van der Waals surface area contributed by atoms with Crippen LogP contribution in [0.2, 0.25) is 0 Å². The summed E-state index contributed by atoms with van der Waals surface area (Å²) in [5, 5.41) is 4.74. The smallest absolute Gasteiger partial charge is 0.156 e. The number of amidine groups is 1. The molecule has 2 unspecified atom stereocenters. The molecule has 0 bridgehead atoms. The van der Waals surface area contributed by atoms with Crippen LogP contribution in [-0.2, 0) is 0 Å². The molecule has 2 aliphatic rings. The molecule has 3 nitrogen and oxygen atoms in total. The van der Waals surface area contributed by atoms with Crippen molar-refractivity contribution in [1.29, 1.82) is 0 Å². The summed E-state index contributed by atoms with van der Waals surface area (Å²) in [6.07, 6.45) is 3.83. The Kier molecular flexibility index (Phi) is 5.16.